The van der Waals surface area contributed by atoms with Crippen molar-refractivity contribution >= 4 is 17.8 Å². The quantitative estimate of drug-likeness (QED) is 0.504. The lowest BCUT2D eigenvalue weighted by atomic mass is 9.85. The van der Waals surface area contributed by atoms with Gasteiger partial charge in [-0.3, -0.25) is 15.2 Å². The van der Waals surface area contributed by atoms with Gasteiger partial charge in [0.1, 0.15) is 6.29 Å². The van der Waals surface area contributed by atoms with Crippen LogP contribution in [-0.2, 0) is 4.79 Å². The topological polar surface area (TPSA) is 101 Å². The van der Waals surface area contributed by atoms with Gasteiger partial charge in [-0.05, 0) is 12.0 Å². The van der Waals surface area contributed by atoms with E-state index in [1.54, 1.807) is 18.3 Å². The molecule has 102 valence electrons. The molecule has 0 spiro atoms. The summed E-state index contributed by atoms with van der Waals surface area (Å²) in [6.45, 7) is 0. The number of hydrogen-bond donors (Lipinski definition) is 2. The largest absolute Gasteiger partial charge is 0.359 e. The number of nitro benzene ring substituents is 1. The molecule has 2 N–H and O–H groups in total. The van der Waals surface area contributed by atoms with Gasteiger partial charge in [0.15, 0.2) is 5.82 Å². The lowest BCUT2D eigenvalue weighted by Crippen LogP contribution is -2.29. The van der Waals surface area contributed by atoms with Gasteiger partial charge in [-0.25, -0.2) is 0 Å². The van der Waals surface area contributed by atoms with E-state index in [2.05, 4.69) is 15.5 Å². The summed E-state index contributed by atoms with van der Waals surface area (Å²) in [6, 6.07) is 6.12. The molecule has 20 heavy (non-hydrogen) atoms. The Kier molecular flexibility index (Phi) is 2.94. The van der Waals surface area contributed by atoms with Crippen molar-refractivity contribution in [2.45, 2.75) is 18.4 Å². The van der Waals surface area contributed by atoms with E-state index in [0.717, 1.165) is 17.4 Å². The lowest BCUT2D eigenvalue weighted by molar-refractivity contribution is -0.384. The van der Waals surface area contributed by atoms with Crippen molar-refractivity contribution in [2.24, 2.45) is 0 Å². The second kappa shape index (κ2) is 4.76. The molecule has 3 rings (SSSR count). The molecule has 2 unspecified atom stereocenters. The van der Waals surface area contributed by atoms with Crippen molar-refractivity contribution in [3.63, 3.8) is 0 Å². The molecule has 1 aliphatic rings. The summed E-state index contributed by atoms with van der Waals surface area (Å²) in [5.74, 6) is 0.665. The fourth-order valence-corrected chi connectivity index (χ4v) is 2.53. The number of rotatable bonds is 3. The van der Waals surface area contributed by atoms with Crippen LogP contribution in [0.25, 0.3) is 0 Å². The van der Waals surface area contributed by atoms with Gasteiger partial charge in [0.25, 0.3) is 5.69 Å². The number of H-pyrrole nitrogens is 1. The highest BCUT2D eigenvalue weighted by atomic mass is 16.6. The van der Waals surface area contributed by atoms with E-state index in [1.807, 2.05) is 0 Å². The number of aromatic amines is 1. The maximum Gasteiger partial charge on any atom is 0.269 e. The minimum absolute atomic E-state index is 0.000930. The number of hydrogen-bond acceptors (Lipinski definition) is 5. The molecular formula is C13H12N4O3. The minimum Gasteiger partial charge on any atom is -0.359 e. The van der Waals surface area contributed by atoms with Gasteiger partial charge in [-0.1, -0.05) is 12.1 Å². The third-order valence-electron chi connectivity index (χ3n) is 3.53. The highest BCUT2D eigenvalue weighted by molar-refractivity contribution is 5.67. The molecule has 1 aromatic carbocycles. The average molecular weight is 272 g/mol. The molecule has 0 saturated heterocycles. The van der Waals surface area contributed by atoms with E-state index >= 15 is 0 Å². The number of non-ortho nitro benzene ring substituents is 1. The standard InChI is InChI=1S/C13H12N4O3/c18-7-9-5-11(12-6-14-16-13(12)15-9)8-1-3-10(4-2-8)17(19)20/h1-4,6-7,9,11H,5H2,(H2,14,15,16). The Balaban J connectivity index is 1.97. The first-order valence-corrected chi connectivity index (χ1v) is 6.19. The summed E-state index contributed by atoms with van der Waals surface area (Å²) >= 11 is 0. The summed E-state index contributed by atoms with van der Waals surface area (Å²) in [4.78, 5) is 21.3. The molecule has 0 fully saturated rings. The molecule has 7 heteroatoms. The zero-order valence-corrected chi connectivity index (χ0v) is 10.4. The average Bonchev–Trinajstić information content (AvgIpc) is 2.94. The maximum absolute atomic E-state index is 11.0. The van der Waals surface area contributed by atoms with Crippen LogP contribution in [0.4, 0.5) is 11.5 Å². The molecule has 0 saturated carbocycles. The van der Waals surface area contributed by atoms with Gasteiger partial charge >= 0.3 is 0 Å². The van der Waals surface area contributed by atoms with Crippen molar-refractivity contribution in [3.8, 4) is 0 Å². The number of nitro groups is 1. The van der Waals surface area contributed by atoms with Gasteiger partial charge < -0.3 is 10.1 Å². The first kappa shape index (κ1) is 12.3. The normalized spacial score (nSPS) is 20.8. The second-order valence-corrected chi connectivity index (χ2v) is 4.71. The summed E-state index contributed by atoms with van der Waals surface area (Å²) in [6.07, 6.45) is 3.25. The first-order valence-electron chi connectivity index (χ1n) is 6.19. The third kappa shape index (κ3) is 2.03. The van der Waals surface area contributed by atoms with Crippen LogP contribution >= 0.6 is 0 Å². The van der Waals surface area contributed by atoms with Crippen LogP contribution in [0.5, 0.6) is 0 Å². The van der Waals surface area contributed by atoms with Gasteiger partial charge in [0, 0.05) is 29.8 Å². The van der Waals surface area contributed by atoms with E-state index in [1.165, 1.54) is 12.1 Å². The monoisotopic (exact) mass is 272 g/mol. The Bertz CT molecular complexity index is 650. The van der Waals surface area contributed by atoms with E-state index in [4.69, 9.17) is 0 Å². The molecule has 2 atom stereocenters. The number of carbonyl (C=O) groups excluding carboxylic acids is 1. The summed E-state index contributed by atoms with van der Waals surface area (Å²) < 4.78 is 0. The van der Waals surface area contributed by atoms with Crippen LogP contribution < -0.4 is 5.32 Å². The van der Waals surface area contributed by atoms with Crippen molar-refractivity contribution in [1.29, 1.82) is 0 Å². The molecule has 2 heterocycles. The SMILES string of the molecule is O=CC1CC(c2ccc([N+](=O)[O-])cc2)c2c[nH]nc2N1. The van der Waals surface area contributed by atoms with E-state index in [9.17, 15) is 14.9 Å². The van der Waals surface area contributed by atoms with Gasteiger partial charge in [0.05, 0.1) is 11.0 Å². The number of aromatic nitrogens is 2. The van der Waals surface area contributed by atoms with E-state index in [0.29, 0.717) is 12.2 Å². The zero-order chi connectivity index (χ0) is 14.1. The Labute approximate surface area is 114 Å². The molecule has 7 nitrogen and oxygen atoms in total. The molecule has 0 aliphatic carbocycles. The van der Waals surface area contributed by atoms with Crippen molar-refractivity contribution in [2.75, 3.05) is 5.32 Å². The highest BCUT2D eigenvalue weighted by Crippen LogP contribution is 2.37. The number of anilines is 1. The molecule has 0 amide bonds. The minimum atomic E-state index is -0.427. The smallest absolute Gasteiger partial charge is 0.269 e. The summed E-state index contributed by atoms with van der Waals surface area (Å²) in [5, 5.41) is 20.6. The Morgan fingerprint density at radius 2 is 2.10 bits per heavy atom. The Morgan fingerprint density at radius 1 is 1.35 bits per heavy atom. The van der Waals surface area contributed by atoms with Crippen LogP contribution in [0.1, 0.15) is 23.5 Å². The van der Waals surface area contributed by atoms with Crippen LogP contribution in [-0.4, -0.2) is 27.4 Å². The number of benzene rings is 1. The molecule has 1 aliphatic heterocycles. The van der Waals surface area contributed by atoms with Crippen LogP contribution in [0.2, 0.25) is 0 Å². The number of aldehydes is 1. The van der Waals surface area contributed by atoms with E-state index < -0.39 is 4.92 Å². The number of nitrogens with zero attached hydrogens (tertiary/aromatic N) is 2. The number of nitrogens with one attached hydrogen (secondary N) is 2. The zero-order valence-electron chi connectivity index (χ0n) is 10.4. The molecule has 2 aromatic rings. The number of fused-ring (bicyclic) bond motifs is 1. The second-order valence-electron chi connectivity index (χ2n) is 4.71. The Hall–Kier alpha value is -2.70. The molecule has 0 bridgehead atoms. The van der Waals surface area contributed by atoms with Crippen molar-refractivity contribution < 1.29 is 9.72 Å². The molecule has 0 radical (unpaired) electrons. The van der Waals surface area contributed by atoms with Crippen molar-refractivity contribution in [3.05, 3.63) is 51.7 Å². The van der Waals surface area contributed by atoms with Gasteiger partial charge in [-0.2, -0.15) is 5.10 Å². The van der Waals surface area contributed by atoms with Gasteiger partial charge in [-0.15, -0.1) is 0 Å². The predicted octanol–water partition coefficient (Wildman–Crippen LogP) is 1.83. The number of carbonyl (C=O) groups is 1. The summed E-state index contributed by atoms with van der Waals surface area (Å²) in [7, 11) is 0. The van der Waals surface area contributed by atoms with Gasteiger partial charge in [0.2, 0.25) is 0 Å². The first-order chi connectivity index (χ1) is 9.69. The van der Waals surface area contributed by atoms with Crippen LogP contribution in [0.15, 0.2) is 30.5 Å². The predicted molar refractivity (Wildman–Crippen MR) is 71.6 cm³/mol. The molecular weight excluding hydrogens is 260 g/mol. The lowest BCUT2D eigenvalue weighted by Gasteiger charge is -2.27. The van der Waals surface area contributed by atoms with E-state index in [-0.39, 0.29) is 17.6 Å². The van der Waals surface area contributed by atoms with Crippen molar-refractivity contribution in [1.82, 2.24) is 10.2 Å². The fraction of sp³-hybridized carbons (Fsp3) is 0.231. The fourth-order valence-electron chi connectivity index (χ4n) is 2.53. The van der Waals surface area contributed by atoms with Crippen LogP contribution in [0.3, 0.4) is 0 Å². The third-order valence-corrected chi connectivity index (χ3v) is 3.53. The van der Waals surface area contributed by atoms with Crippen LogP contribution in [0, 0.1) is 10.1 Å². The molecule has 1 aromatic heterocycles. The maximum atomic E-state index is 11.0. The highest BCUT2D eigenvalue weighted by Gasteiger charge is 2.29. The summed E-state index contributed by atoms with van der Waals surface area (Å²) in [5.41, 5.74) is 1.96. The Morgan fingerprint density at radius 3 is 2.75 bits per heavy atom.